The number of benzene rings is 2. The molecular weight excluding hydrogens is 434 g/mol. The number of carbonyl (C=O) groups is 3. The lowest BCUT2D eigenvalue weighted by atomic mass is 10.1. The predicted octanol–water partition coefficient (Wildman–Crippen LogP) is 3.10. The first-order chi connectivity index (χ1) is 15.5. The van der Waals surface area contributed by atoms with Crippen molar-refractivity contribution < 1.29 is 23.9 Å². The molecular formula is C23H24ClN3O5. The topological polar surface area (TPSA) is 88.2 Å². The SMILES string of the molecule is O=C(COc1ccccc1Cl)Nc1ccc2c(c1)N(CC(=O)N1CCCCC1)C(=O)CO2. The van der Waals surface area contributed by atoms with Gasteiger partial charge in [0.2, 0.25) is 5.91 Å². The Kier molecular flexibility index (Phi) is 6.80. The van der Waals surface area contributed by atoms with Crippen LogP contribution in [0.1, 0.15) is 19.3 Å². The molecule has 2 heterocycles. The number of nitrogens with zero attached hydrogens (tertiary/aromatic N) is 2. The third-order valence-electron chi connectivity index (χ3n) is 5.38. The predicted molar refractivity (Wildman–Crippen MR) is 120 cm³/mol. The van der Waals surface area contributed by atoms with E-state index in [1.807, 2.05) is 0 Å². The Balaban J connectivity index is 1.43. The molecule has 9 heteroatoms. The summed E-state index contributed by atoms with van der Waals surface area (Å²) in [5.74, 6) is 0.128. The van der Waals surface area contributed by atoms with E-state index in [4.69, 9.17) is 21.1 Å². The highest BCUT2D eigenvalue weighted by atomic mass is 35.5. The summed E-state index contributed by atoms with van der Waals surface area (Å²) < 4.78 is 11.0. The quantitative estimate of drug-likeness (QED) is 0.720. The molecule has 0 atom stereocenters. The van der Waals surface area contributed by atoms with E-state index in [0.717, 1.165) is 19.3 Å². The minimum Gasteiger partial charge on any atom is -0.482 e. The molecule has 1 saturated heterocycles. The van der Waals surface area contributed by atoms with E-state index in [1.54, 1.807) is 47.4 Å². The fourth-order valence-corrected chi connectivity index (χ4v) is 3.92. The Labute approximate surface area is 191 Å². The molecule has 0 aliphatic carbocycles. The first kappa shape index (κ1) is 22.0. The van der Waals surface area contributed by atoms with E-state index in [0.29, 0.717) is 41.0 Å². The molecule has 32 heavy (non-hydrogen) atoms. The molecule has 1 N–H and O–H groups in total. The summed E-state index contributed by atoms with van der Waals surface area (Å²) in [7, 11) is 0. The number of rotatable bonds is 6. The molecule has 3 amide bonds. The van der Waals surface area contributed by atoms with Gasteiger partial charge in [0, 0.05) is 18.8 Å². The molecule has 0 radical (unpaired) electrons. The summed E-state index contributed by atoms with van der Waals surface area (Å²) >= 11 is 6.04. The van der Waals surface area contributed by atoms with Crippen LogP contribution in [0.15, 0.2) is 42.5 Å². The highest BCUT2D eigenvalue weighted by Crippen LogP contribution is 2.34. The number of fused-ring (bicyclic) bond motifs is 1. The molecule has 0 spiro atoms. The molecule has 4 rings (SSSR count). The fourth-order valence-electron chi connectivity index (χ4n) is 3.73. The monoisotopic (exact) mass is 457 g/mol. The number of anilines is 2. The van der Waals surface area contributed by atoms with Crippen LogP contribution in [0, 0.1) is 0 Å². The summed E-state index contributed by atoms with van der Waals surface area (Å²) in [6.07, 6.45) is 3.07. The number of hydrogen-bond donors (Lipinski definition) is 1. The fraction of sp³-hybridized carbons (Fsp3) is 0.348. The van der Waals surface area contributed by atoms with E-state index in [-0.39, 0.29) is 37.5 Å². The molecule has 1 fully saturated rings. The number of nitrogens with one attached hydrogen (secondary N) is 1. The Morgan fingerprint density at radius 2 is 1.88 bits per heavy atom. The zero-order valence-corrected chi connectivity index (χ0v) is 18.3. The van der Waals surface area contributed by atoms with Crippen LogP contribution >= 0.6 is 11.6 Å². The van der Waals surface area contributed by atoms with Crippen LogP contribution in [0.3, 0.4) is 0 Å². The normalized spacial score (nSPS) is 15.6. The number of carbonyl (C=O) groups excluding carboxylic acids is 3. The lowest BCUT2D eigenvalue weighted by molar-refractivity contribution is -0.132. The lowest BCUT2D eigenvalue weighted by Crippen LogP contribution is -2.47. The number of likely N-dealkylation sites (tertiary alicyclic amines) is 1. The third kappa shape index (κ3) is 5.13. The highest BCUT2D eigenvalue weighted by Gasteiger charge is 2.29. The summed E-state index contributed by atoms with van der Waals surface area (Å²) in [5.41, 5.74) is 0.918. The summed E-state index contributed by atoms with van der Waals surface area (Å²) in [5, 5.41) is 3.15. The maximum atomic E-state index is 12.7. The van der Waals surface area contributed by atoms with Crippen LogP contribution in [0.4, 0.5) is 11.4 Å². The van der Waals surface area contributed by atoms with Gasteiger partial charge >= 0.3 is 0 Å². The zero-order valence-electron chi connectivity index (χ0n) is 17.5. The number of para-hydroxylation sites is 1. The minimum absolute atomic E-state index is 0.0534. The van der Waals surface area contributed by atoms with Crippen molar-refractivity contribution in [3.63, 3.8) is 0 Å². The molecule has 0 aromatic heterocycles. The first-order valence-electron chi connectivity index (χ1n) is 10.5. The van der Waals surface area contributed by atoms with E-state index < -0.39 is 0 Å². The minimum atomic E-state index is -0.385. The van der Waals surface area contributed by atoms with Gasteiger partial charge in [-0.05, 0) is 49.6 Å². The largest absolute Gasteiger partial charge is 0.482 e. The summed E-state index contributed by atoms with van der Waals surface area (Å²) in [4.78, 5) is 40.8. The number of hydrogen-bond acceptors (Lipinski definition) is 5. The van der Waals surface area contributed by atoms with Crippen molar-refractivity contribution in [2.24, 2.45) is 0 Å². The number of ether oxygens (including phenoxy) is 2. The van der Waals surface area contributed by atoms with Crippen LogP contribution in [0.25, 0.3) is 0 Å². The van der Waals surface area contributed by atoms with Crippen LogP contribution in [0.5, 0.6) is 11.5 Å². The molecule has 2 aliphatic heterocycles. The smallest absolute Gasteiger partial charge is 0.265 e. The van der Waals surface area contributed by atoms with Crippen molar-refractivity contribution in [1.82, 2.24) is 4.90 Å². The van der Waals surface area contributed by atoms with Gasteiger partial charge in [0.05, 0.1) is 10.7 Å². The van der Waals surface area contributed by atoms with Gasteiger partial charge in [-0.15, -0.1) is 0 Å². The second-order valence-electron chi connectivity index (χ2n) is 7.66. The summed E-state index contributed by atoms with van der Waals surface area (Å²) in [6, 6.07) is 11.9. The van der Waals surface area contributed by atoms with Crippen LogP contribution in [-0.4, -0.2) is 55.5 Å². The molecule has 0 saturated carbocycles. The maximum absolute atomic E-state index is 12.7. The molecule has 2 aliphatic rings. The van der Waals surface area contributed by atoms with Crippen molar-refractivity contribution in [1.29, 1.82) is 0 Å². The van der Waals surface area contributed by atoms with E-state index >= 15 is 0 Å². The third-order valence-corrected chi connectivity index (χ3v) is 5.70. The van der Waals surface area contributed by atoms with Gasteiger partial charge in [-0.2, -0.15) is 0 Å². The average molecular weight is 458 g/mol. The van der Waals surface area contributed by atoms with Gasteiger partial charge in [0.1, 0.15) is 18.0 Å². The molecule has 2 aromatic rings. The number of halogens is 1. The Morgan fingerprint density at radius 3 is 2.66 bits per heavy atom. The van der Waals surface area contributed by atoms with Crippen molar-refractivity contribution >= 4 is 40.7 Å². The van der Waals surface area contributed by atoms with Gasteiger partial charge in [0.25, 0.3) is 11.8 Å². The van der Waals surface area contributed by atoms with E-state index in [2.05, 4.69) is 5.32 Å². The van der Waals surface area contributed by atoms with Gasteiger partial charge < -0.3 is 19.7 Å². The maximum Gasteiger partial charge on any atom is 0.265 e. The Bertz CT molecular complexity index is 1020. The number of piperidine rings is 1. The second-order valence-corrected chi connectivity index (χ2v) is 8.07. The molecule has 2 aromatic carbocycles. The van der Waals surface area contributed by atoms with Gasteiger partial charge in [0.15, 0.2) is 13.2 Å². The Morgan fingerprint density at radius 1 is 1.09 bits per heavy atom. The van der Waals surface area contributed by atoms with Gasteiger partial charge in [-0.3, -0.25) is 19.3 Å². The van der Waals surface area contributed by atoms with Crippen molar-refractivity contribution in [3.05, 3.63) is 47.5 Å². The molecule has 168 valence electrons. The first-order valence-corrected chi connectivity index (χ1v) is 10.9. The highest BCUT2D eigenvalue weighted by molar-refractivity contribution is 6.32. The van der Waals surface area contributed by atoms with E-state index in [9.17, 15) is 14.4 Å². The van der Waals surface area contributed by atoms with Gasteiger partial charge in [-0.25, -0.2) is 0 Å². The zero-order chi connectivity index (χ0) is 22.5. The average Bonchev–Trinajstić information content (AvgIpc) is 2.81. The van der Waals surface area contributed by atoms with Gasteiger partial charge in [-0.1, -0.05) is 23.7 Å². The van der Waals surface area contributed by atoms with Crippen molar-refractivity contribution in [2.75, 3.05) is 43.1 Å². The van der Waals surface area contributed by atoms with Crippen molar-refractivity contribution in [3.8, 4) is 11.5 Å². The molecule has 8 nitrogen and oxygen atoms in total. The Hall–Kier alpha value is -3.26. The summed E-state index contributed by atoms with van der Waals surface area (Å²) in [6.45, 7) is 1.02. The lowest BCUT2D eigenvalue weighted by Gasteiger charge is -2.33. The van der Waals surface area contributed by atoms with Crippen LogP contribution in [0.2, 0.25) is 5.02 Å². The standard InChI is InChI=1S/C23H24ClN3O5/c24-17-6-2-3-7-19(17)31-14-21(28)25-16-8-9-20-18(12-16)27(23(30)15-32-20)13-22(29)26-10-4-1-5-11-26/h2-3,6-9,12H,1,4-5,10-11,13-15H2,(H,25,28). The number of amides is 3. The van der Waals surface area contributed by atoms with Crippen molar-refractivity contribution in [2.45, 2.75) is 19.3 Å². The second kappa shape index (κ2) is 9.91. The van der Waals surface area contributed by atoms with Crippen LogP contribution in [-0.2, 0) is 14.4 Å². The molecule has 0 bridgehead atoms. The van der Waals surface area contributed by atoms with E-state index in [1.165, 1.54) is 4.90 Å². The van der Waals surface area contributed by atoms with Crippen LogP contribution < -0.4 is 19.7 Å². The molecule has 0 unspecified atom stereocenters.